The van der Waals surface area contributed by atoms with Crippen LogP contribution >= 0.6 is 0 Å². The number of nitrogens with one attached hydrogen (secondary N) is 2. The van der Waals surface area contributed by atoms with Crippen LogP contribution in [0.4, 0.5) is 5.69 Å². The van der Waals surface area contributed by atoms with E-state index in [9.17, 15) is 9.90 Å². The first-order valence-electron chi connectivity index (χ1n) is 8.93. The molecule has 1 amide bonds. The van der Waals surface area contributed by atoms with Crippen LogP contribution in [-0.2, 0) is 4.79 Å². The van der Waals surface area contributed by atoms with Crippen LogP contribution in [0.5, 0.6) is 5.75 Å². The van der Waals surface area contributed by atoms with Gasteiger partial charge in [-0.25, -0.2) is 0 Å². The number of carbonyl (C=O) groups is 1. The molecule has 0 aliphatic carbocycles. The number of phenols is 1. The van der Waals surface area contributed by atoms with Gasteiger partial charge in [-0.05, 0) is 41.7 Å². The summed E-state index contributed by atoms with van der Waals surface area (Å²) >= 11 is 0. The molecule has 1 unspecified atom stereocenters. The summed E-state index contributed by atoms with van der Waals surface area (Å²) in [6, 6.07) is 13.8. The maximum Gasteiger partial charge on any atom is 0.230 e. The molecule has 2 aromatic rings. The highest BCUT2D eigenvalue weighted by atomic mass is 16.3. The summed E-state index contributed by atoms with van der Waals surface area (Å²) in [5, 5.41) is 17.3. The summed E-state index contributed by atoms with van der Waals surface area (Å²) in [6.07, 6.45) is 0.983. The second-order valence-corrected chi connectivity index (χ2v) is 7.08. The van der Waals surface area contributed by atoms with Crippen molar-refractivity contribution in [3.8, 4) is 5.75 Å². The molecule has 5 nitrogen and oxygen atoms in total. The molecular formula is C21H25N3O2. The Bertz CT molecular complexity index is 829. The van der Waals surface area contributed by atoms with E-state index in [1.54, 1.807) is 6.07 Å². The summed E-state index contributed by atoms with van der Waals surface area (Å²) in [5.41, 5.74) is 7.53. The number of carbonyl (C=O) groups excluding carboxylic acids is 1. The van der Waals surface area contributed by atoms with Crippen LogP contribution in [0.3, 0.4) is 0 Å². The molecule has 0 aromatic heterocycles. The molecule has 26 heavy (non-hydrogen) atoms. The van der Waals surface area contributed by atoms with Gasteiger partial charge >= 0.3 is 0 Å². The Balaban J connectivity index is 1.62. The molecule has 136 valence electrons. The fraction of sp³-hybridized carbons (Fsp3) is 0.333. The molecular weight excluding hydrogens is 326 g/mol. The number of amides is 1. The molecule has 3 N–H and O–H groups in total. The number of hydrazone groups is 1. The van der Waals surface area contributed by atoms with E-state index in [-0.39, 0.29) is 30.0 Å². The molecule has 0 saturated heterocycles. The van der Waals surface area contributed by atoms with Crippen molar-refractivity contribution in [1.29, 1.82) is 0 Å². The first-order valence-corrected chi connectivity index (χ1v) is 8.93. The van der Waals surface area contributed by atoms with Gasteiger partial charge in [-0.1, -0.05) is 44.2 Å². The van der Waals surface area contributed by atoms with Gasteiger partial charge in [-0.15, -0.1) is 0 Å². The van der Waals surface area contributed by atoms with E-state index in [4.69, 9.17) is 0 Å². The van der Waals surface area contributed by atoms with Crippen molar-refractivity contribution in [3.05, 3.63) is 59.2 Å². The van der Waals surface area contributed by atoms with E-state index < -0.39 is 0 Å². The number of hydrogen-bond donors (Lipinski definition) is 3. The quantitative estimate of drug-likeness (QED) is 0.705. The predicted octanol–water partition coefficient (Wildman–Crippen LogP) is 4.24. The van der Waals surface area contributed by atoms with Crippen LogP contribution in [-0.4, -0.2) is 16.7 Å². The molecule has 2 aromatic carbocycles. The number of phenolic OH excluding ortho intramolecular Hbond substituents is 1. The maximum absolute atomic E-state index is 12.4. The summed E-state index contributed by atoms with van der Waals surface area (Å²) in [4.78, 5) is 12.4. The number of hydrogen-bond acceptors (Lipinski definition) is 4. The molecule has 1 aliphatic heterocycles. The Morgan fingerprint density at radius 3 is 2.73 bits per heavy atom. The first kappa shape index (κ1) is 18.0. The van der Waals surface area contributed by atoms with E-state index in [1.165, 1.54) is 5.56 Å². The average molecular weight is 351 g/mol. The lowest BCUT2D eigenvalue weighted by atomic mass is 9.99. The third-order valence-corrected chi connectivity index (χ3v) is 4.65. The number of anilines is 1. The van der Waals surface area contributed by atoms with Crippen LogP contribution in [0.25, 0.3) is 0 Å². The van der Waals surface area contributed by atoms with Crippen LogP contribution in [0.15, 0.2) is 47.6 Å². The fourth-order valence-electron chi connectivity index (χ4n) is 3.17. The molecule has 0 radical (unpaired) electrons. The van der Waals surface area contributed by atoms with Gasteiger partial charge < -0.3 is 15.8 Å². The largest absolute Gasteiger partial charge is 0.508 e. The molecule has 3 rings (SSSR count). The van der Waals surface area contributed by atoms with Crippen molar-refractivity contribution < 1.29 is 9.90 Å². The SMILES string of the molecule is Cc1cc(O)c(C(C)C)cc1NC(=O)CC1=NNC(c2ccccc2)C1. The third kappa shape index (κ3) is 4.04. The zero-order valence-electron chi connectivity index (χ0n) is 15.4. The van der Waals surface area contributed by atoms with E-state index in [1.807, 2.05) is 45.0 Å². The summed E-state index contributed by atoms with van der Waals surface area (Å²) in [5.74, 6) is 0.356. The Morgan fingerprint density at radius 2 is 2.04 bits per heavy atom. The van der Waals surface area contributed by atoms with Crippen LogP contribution in [0.2, 0.25) is 0 Å². The third-order valence-electron chi connectivity index (χ3n) is 4.65. The number of aryl methyl sites for hydroxylation is 1. The molecule has 0 spiro atoms. The van der Waals surface area contributed by atoms with E-state index in [0.717, 1.165) is 28.9 Å². The molecule has 1 heterocycles. The van der Waals surface area contributed by atoms with Crippen LogP contribution in [0, 0.1) is 6.92 Å². The number of aromatic hydroxyl groups is 1. The van der Waals surface area contributed by atoms with Crippen molar-refractivity contribution in [2.75, 3.05) is 5.32 Å². The Labute approximate surface area is 154 Å². The second kappa shape index (κ2) is 7.60. The smallest absolute Gasteiger partial charge is 0.230 e. The minimum absolute atomic E-state index is 0.0947. The van der Waals surface area contributed by atoms with Gasteiger partial charge in [-0.3, -0.25) is 4.79 Å². The van der Waals surface area contributed by atoms with Crippen molar-refractivity contribution in [2.45, 2.75) is 45.6 Å². The number of rotatable bonds is 5. The molecule has 1 atom stereocenters. The highest BCUT2D eigenvalue weighted by Crippen LogP contribution is 2.31. The van der Waals surface area contributed by atoms with Crippen LogP contribution in [0.1, 0.15) is 55.3 Å². The van der Waals surface area contributed by atoms with Gasteiger partial charge in [0.1, 0.15) is 5.75 Å². The lowest BCUT2D eigenvalue weighted by Gasteiger charge is -2.14. The molecule has 1 aliphatic rings. The van der Waals surface area contributed by atoms with Gasteiger partial charge in [0.15, 0.2) is 0 Å². The van der Waals surface area contributed by atoms with Crippen molar-refractivity contribution in [2.24, 2.45) is 5.10 Å². The lowest BCUT2D eigenvalue weighted by molar-refractivity contribution is -0.115. The van der Waals surface area contributed by atoms with Crippen molar-refractivity contribution >= 4 is 17.3 Å². The van der Waals surface area contributed by atoms with E-state index in [2.05, 4.69) is 28.0 Å². The lowest BCUT2D eigenvalue weighted by Crippen LogP contribution is -2.17. The summed E-state index contributed by atoms with van der Waals surface area (Å²) in [6.45, 7) is 5.90. The van der Waals surface area contributed by atoms with Crippen LogP contribution < -0.4 is 10.7 Å². The Morgan fingerprint density at radius 1 is 1.31 bits per heavy atom. The molecule has 0 bridgehead atoms. The van der Waals surface area contributed by atoms with E-state index >= 15 is 0 Å². The zero-order valence-corrected chi connectivity index (χ0v) is 15.4. The maximum atomic E-state index is 12.4. The fourth-order valence-corrected chi connectivity index (χ4v) is 3.17. The monoisotopic (exact) mass is 351 g/mol. The van der Waals surface area contributed by atoms with Gasteiger partial charge in [0.05, 0.1) is 12.5 Å². The topological polar surface area (TPSA) is 73.7 Å². The minimum atomic E-state index is -0.0947. The number of benzene rings is 2. The Hall–Kier alpha value is -2.82. The standard InChI is InChI=1S/C21H25N3O2/c1-13(2)17-12-18(14(3)9-20(17)25)22-21(26)11-16-10-19(24-23-16)15-7-5-4-6-8-15/h4-9,12-13,19,24-25H,10-11H2,1-3H3,(H,22,26). The molecule has 0 fully saturated rings. The van der Waals surface area contributed by atoms with Crippen molar-refractivity contribution in [3.63, 3.8) is 0 Å². The van der Waals surface area contributed by atoms with Gasteiger partial charge in [-0.2, -0.15) is 5.10 Å². The minimum Gasteiger partial charge on any atom is -0.508 e. The van der Waals surface area contributed by atoms with Gasteiger partial charge in [0.25, 0.3) is 0 Å². The van der Waals surface area contributed by atoms with Gasteiger partial charge in [0, 0.05) is 17.8 Å². The highest BCUT2D eigenvalue weighted by Gasteiger charge is 2.22. The average Bonchev–Trinajstić information content (AvgIpc) is 3.06. The predicted molar refractivity (Wildman–Crippen MR) is 105 cm³/mol. The number of nitrogens with zero attached hydrogens (tertiary/aromatic N) is 1. The normalized spacial score (nSPS) is 16.3. The first-order chi connectivity index (χ1) is 12.4. The zero-order chi connectivity index (χ0) is 18.7. The summed E-state index contributed by atoms with van der Waals surface area (Å²) in [7, 11) is 0. The van der Waals surface area contributed by atoms with E-state index in [0.29, 0.717) is 0 Å². The molecule has 5 heteroatoms. The Kier molecular flexibility index (Phi) is 5.26. The second-order valence-electron chi connectivity index (χ2n) is 7.08. The van der Waals surface area contributed by atoms with Gasteiger partial charge in [0.2, 0.25) is 5.91 Å². The molecule has 0 saturated carbocycles. The summed E-state index contributed by atoms with van der Waals surface area (Å²) < 4.78 is 0. The van der Waals surface area contributed by atoms with Crippen molar-refractivity contribution in [1.82, 2.24) is 5.43 Å². The highest BCUT2D eigenvalue weighted by molar-refractivity contribution is 6.07.